The average Bonchev–Trinajstić information content (AvgIpc) is 2.84. The molecule has 13 heteroatoms. The van der Waals surface area contributed by atoms with Gasteiger partial charge in [-0.05, 0) is 6.92 Å². The van der Waals surface area contributed by atoms with Crippen molar-refractivity contribution >= 4 is 17.7 Å². The molecule has 1 aromatic rings. The van der Waals surface area contributed by atoms with Crippen molar-refractivity contribution in [3.63, 3.8) is 0 Å². The van der Waals surface area contributed by atoms with E-state index in [9.17, 15) is 40.3 Å². The lowest BCUT2D eigenvalue weighted by molar-refractivity contribution is -0.342. The van der Waals surface area contributed by atoms with Gasteiger partial charge in [-0.3, -0.25) is 4.79 Å². The summed E-state index contributed by atoms with van der Waals surface area (Å²) in [6.07, 6.45) is -15.0. The van der Waals surface area contributed by atoms with Crippen LogP contribution in [-0.4, -0.2) is 46.1 Å². The highest BCUT2D eigenvalue weighted by atomic mass is 19.4. The van der Waals surface area contributed by atoms with Crippen LogP contribution in [0.3, 0.4) is 0 Å². The van der Waals surface area contributed by atoms with Crippen LogP contribution in [0.5, 0.6) is 0 Å². The number of carbonyl (C=O) groups is 2. The van der Waals surface area contributed by atoms with E-state index in [1.165, 1.54) is 14.0 Å². The molecular formula is C13H14F7N3O3. The Hall–Kier alpha value is -2.34. The van der Waals surface area contributed by atoms with Crippen LogP contribution in [0.15, 0.2) is 6.33 Å². The maximum absolute atomic E-state index is 13.5. The zero-order valence-corrected chi connectivity index (χ0v) is 13.5. The SMILES string of the molecule is CCOC(=O)c1ncn(C)c1NC(=O)CCC(F)(C(F)(F)F)C(F)(F)F. The Kier molecular flexibility index (Phi) is 6.26. The summed E-state index contributed by atoms with van der Waals surface area (Å²) < 4.78 is 93.9. The fourth-order valence-corrected chi connectivity index (χ4v) is 1.85. The van der Waals surface area contributed by atoms with E-state index in [0.29, 0.717) is 0 Å². The summed E-state index contributed by atoms with van der Waals surface area (Å²) in [6.45, 7) is 1.44. The lowest BCUT2D eigenvalue weighted by Crippen LogP contribution is -2.53. The molecule has 0 aliphatic heterocycles. The summed E-state index contributed by atoms with van der Waals surface area (Å²) in [5, 5.41) is 1.93. The van der Waals surface area contributed by atoms with Crippen molar-refractivity contribution in [2.45, 2.75) is 37.8 Å². The molecule has 0 atom stereocenters. The van der Waals surface area contributed by atoms with Crippen molar-refractivity contribution in [3.05, 3.63) is 12.0 Å². The van der Waals surface area contributed by atoms with E-state index in [4.69, 9.17) is 0 Å². The molecule has 0 saturated carbocycles. The number of aromatic nitrogens is 2. The first-order valence-corrected chi connectivity index (χ1v) is 7.05. The van der Waals surface area contributed by atoms with Crippen LogP contribution in [0.1, 0.15) is 30.3 Å². The molecule has 1 heterocycles. The minimum absolute atomic E-state index is 0.0374. The number of imidazole rings is 1. The van der Waals surface area contributed by atoms with Crippen LogP contribution in [0.2, 0.25) is 0 Å². The quantitative estimate of drug-likeness (QED) is 0.595. The monoisotopic (exact) mass is 393 g/mol. The smallest absolute Gasteiger partial charge is 0.431 e. The number of nitrogens with zero attached hydrogens (tertiary/aromatic N) is 2. The number of alkyl halides is 7. The van der Waals surface area contributed by atoms with E-state index in [1.54, 1.807) is 0 Å². The predicted molar refractivity (Wildman–Crippen MR) is 73.0 cm³/mol. The molecule has 0 saturated heterocycles. The van der Waals surface area contributed by atoms with Crippen molar-refractivity contribution in [2.75, 3.05) is 11.9 Å². The third kappa shape index (κ3) is 4.43. The van der Waals surface area contributed by atoms with Crippen molar-refractivity contribution in [3.8, 4) is 0 Å². The van der Waals surface area contributed by atoms with Gasteiger partial charge in [0, 0.05) is 19.9 Å². The van der Waals surface area contributed by atoms with Crippen LogP contribution in [-0.2, 0) is 16.6 Å². The van der Waals surface area contributed by atoms with E-state index < -0.39 is 48.4 Å². The number of halogens is 7. The number of rotatable bonds is 6. The summed E-state index contributed by atoms with van der Waals surface area (Å²) in [4.78, 5) is 26.9. The molecule has 6 nitrogen and oxygen atoms in total. The highest BCUT2D eigenvalue weighted by molar-refractivity contribution is 5.98. The third-order valence-electron chi connectivity index (χ3n) is 3.26. The topological polar surface area (TPSA) is 73.2 Å². The fourth-order valence-electron chi connectivity index (χ4n) is 1.85. The van der Waals surface area contributed by atoms with Crippen LogP contribution < -0.4 is 5.32 Å². The first-order chi connectivity index (χ1) is 11.7. The number of amides is 1. The van der Waals surface area contributed by atoms with Gasteiger partial charge in [-0.2, -0.15) is 26.3 Å². The van der Waals surface area contributed by atoms with Crippen LogP contribution in [0, 0.1) is 0 Å². The van der Waals surface area contributed by atoms with Gasteiger partial charge in [0.05, 0.1) is 12.9 Å². The number of carbonyl (C=O) groups excluding carboxylic acids is 2. The maximum atomic E-state index is 13.5. The predicted octanol–water partition coefficient (Wildman–Crippen LogP) is 3.15. The maximum Gasteiger partial charge on any atom is 0.431 e. The van der Waals surface area contributed by atoms with Gasteiger partial charge >= 0.3 is 18.3 Å². The largest absolute Gasteiger partial charge is 0.461 e. The van der Waals surface area contributed by atoms with Crippen molar-refractivity contribution in [1.82, 2.24) is 9.55 Å². The standard InChI is InChI=1S/C13H14F7N3O3/c1-3-26-10(25)8-9(23(2)6-21-8)22-7(24)4-5-11(14,12(15,16)17)13(18,19)20/h6H,3-5H2,1-2H3,(H,22,24). The number of nitrogens with one attached hydrogen (secondary N) is 1. The second-order valence-electron chi connectivity index (χ2n) is 5.12. The number of anilines is 1. The third-order valence-corrected chi connectivity index (χ3v) is 3.26. The Morgan fingerprint density at radius 2 is 1.69 bits per heavy atom. The van der Waals surface area contributed by atoms with E-state index in [-0.39, 0.29) is 12.4 Å². The molecule has 1 N–H and O–H groups in total. The Labute approximate surface area is 142 Å². The Morgan fingerprint density at radius 1 is 1.15 bits per heavy atom. The minimum atomic E-state index is -6.24. The van der Waals surface area contributed by atoms with Gasteiger partial charge in [0.15, 0.2) is 5.69 Å². The van der Waals surface area contributed by atoms with Crippen LogP contribution >= 0.6 is 0 Å². The van der Waals surface area contributed by atoms with Crippen LogP contribution in [0.25, 0.3) is 0 Å². The molecule has 1 amide bonds. The molecule has 0 fully saturated rings. The lowest BCUT2D eigenvalue weighted by Gasteiger charge is -2.29. The summed E-state index contributed by atoms with van der Waals surface area (Å²) in [5.74, 6) is -2.64. The molecule has 0 aliphatic rings. The van der Waals surface area contributed by atoms with Gasteiger partial charge in [0.2, 0.25) is 5.91 Å². The molecule has 0 spiro atoms. The molecule has 1 rings (SSSR count). The van der Waals surface area contributed by atoms with E-state index in [1.807, 2.05) is 5.32 Å². The zero-order chi connectivity index (χ0) is 20.3. The van der Waals surface area contributed by atoms with E-state index in [0.717, 1.165) is 10.9 Å². The summed E-state index contributed by atoms with van der Waals surface area (Å²) >= 11 is 0. The number of hydrogen-bond donors (Lipinski definition) is 1. The summed E-state index contributed by atoms with van der Waals surface area (Å²) in [6, 6.07) is 0. The normalized spacial score (nSPS) is 12.8. The fraction of sp³-hybridized carbons (Fsp3) is 0.615. The minimum Gasteiger partial charge on any atom is -0.461 e. The summed E-state index contributed by atoms with van der Waals surface area (Å²) in [7, 11) is 1.30. The Balaban J connectivity index is 2.91. The Morgan fingerprint density at radius 3 is 2.15 bits per heavy atom. The van der Waals surface area contributed by atoms with Gasteiger partial charge in [0.25, 0.3) is 5.67 Å². The highest BCUT2D eigenvalue weighted by Crippen LogP contribution is 2.48. The Bertz CT molecular complexity index is 653. The molecule has 26 heavy (non-hydrogen) atoms. The number of esters is 1. The van der Waals surface area contributed by atoms with Crippen molar-refractivity contribution in [1.29, 1.82) is 0 Å². The van der Waals surface area contributed by atoms with Crippen LogP contribution in [0.4, 0.5) is 36.6 Å². The molecule has 0 aliphatic carbocycles. The van der Waals surface area contributed by atoms with Crippen molar-refractivity contribution < 1.29 is 45.1 Å². The second-order valence-corrected chi connectivity index (χ2v) is 5.12. The van der Waals surface area contributed by atoms with Gasteiger partial charge in [0.1, 0.15) is 5.82 Å². The molecule has 148 valence electrons. The highest BCUT2D eigenvalue weighted by Gasteiger charge is 2.71. The van der Waals surface area contributed by atoms with Gasteiger partial charge in [-0.1, -0.05) is 0 Å². The molecular weight excluding hydrogens is 379 g/mol. The average molecular weight is 393 g/mol. The molecule has 0 radical (unpaired) electrons. The van der Waals surface area contributed by atoms with E-state index in [2.05, 4.69) is 9.72 Å². The zero-order valence-electron chi connectivity index (χ0n) is 13.5. The molecule has 0 aromatic carbocycles. The van der Waals surface area contributed by atoms with Crippen molar-refractivity contribution in [2.24, 2.45) is 7.05 Å². The summed E-state index contributed by atoms with van der Waals surface area (Å²) in [5.41, 5.74) is -5.94. The van der Waals surface area contributed by atoms with Gasteiger partial charge < -0.3 is 14.6 Å². The van der Waals surface area contributed by atoms with Gasteiger partial charge in [-0.25, -0.2) is 14.2 Å². The number of ether oxygens (including phenoxy) is 1. The van der Waals surface area contributed by atoms with E-state index >= 15 is 0 Å². The molecule has 0 bridgehead atoms. The molecule has 0 unspecified atom stereocenters. The lowest BCUT2D eigenvalue weighted by atomic mass is 9.98. The first-order valence-electron chi connectivity index (χ1n) is 7.05. The number of hydrogen-bond acceptors (Lipinski definition) is 4. The second kappa shape index (κ2) is 7.50. The van der Waals surface area contributed by atoms with Gasteiger partial charge in [-0.15, -0.1) is 0 Å². The number of aryl methyl sites for hydroxylation is 1. The molecule has 1 aromatic heterocycles. The first kappa shape index (κ1) is 21.7.